The molecule has 0 aliphatic carbocycles. The molecule has 0 aliphatic rings. The SMILES string of the molecule is CNC(c1ccc(F)cc1C)c1cc(Br)c(C)cc1Br. The quantitative estimate of drug-likeness (QED) is 0.739. The van der Waals surface area contributed by atoms with Crippen LogP contribution in [0.3, 0.4) is 0 Å². The molecule has 0 spiro atoms. The summed E-state index contributed by atoms with van der Waals surface area (Å²) in [5.74, 6) is -0.203. The molecule has 20 heavy (non-hydrogen) atoms. The summed E-state index contributed by atoms with van der Waals surface area (Å²) in [5, 5.41) is 3.31. The normalized spacial score (nSPS) is 12.5. The van der Waals surface area contributed by atoms with Crippen LogP contribution in [0.2, 0.25) is 0 Å². The molecule has 0 saturated carbocycles. The zero-order valence-electron chi connectivity index (χ0n) is 11.6. The lowest BCUT2D eigenvalue weighted by Gasteiger charge is -2.21. The molecule has 0 fully saturated rings. The van der Waals surface area contributed by atoms with Crippen LogP contribution >= 0.6 is 31.9 Å². The van der Waals surface area contributed by atoms with Crippen molar-refractivity contribution in [2.24, 2.45) is 0 Å². The van der Waals surface area contributed by atoms with E-state index >= 15 is 0 Å². The van der Waals surface area contributed by atoms with Crippen LogP contribution in [0.5, 0.6) is 0 Å². The maximum atomic E-state index is 13.3. The fourth-order valence-corrected chi connectivity index (χ4v) is 3.37. The van der Waals surface area contributed by atoms with Gasteiger partial charge in [0.05, 0.1) is 6.04 Å². The monoisotopic (exact) mass is 399 g/mol. The van der Waals surface area contributed by atoms with Crippen LogP contribution in [-0.4, -0.2) is 7.05 Å². The smallest absolute Gasteiger partial charge is 0.123 e. The first-order valence-electron chi connectivity index (χ1n) is 6.33. The van der Waals surface area contributed by atoms with Gasteiger partial charge in [-0.15, -0.1) is 0 Å². The number of benzene rings is 2. The van der Waals surface area contributed by atoms with Crippen LogP contribution in [0, 0.1) is 19.7 Å². The van der Waals surface area contributed by atoms with E-state index in [-0.39, 0.29) is 11.9 Å². The van der Waals surface area contributed by atoms with Crippen LogP contribution in [-0.2, 0) is 0 Å². The Kier molecular flexibility index (Phi) is 4.99. The van der Waals surface area contributed by atoms with Gasteiger partial charge in [-0.3, -0.25) is 0 Å². The lowest BCUT2D eigenvalue weighted by Crippen LogP contribution is -2.19. The topological polar surface area (TPSA) is 12.0 Å². The molecule has 1 N–H and O–H groups in total. The number of halogens is 3. The second kappa shape index (κ2) is 6.37. The van der Waals surface area contributed by atoms with Gasteiger partial charge in [0.25, 0.3) is 0 Å². The third kappa shape index (κ3) is 3.13. The molecule has 0 saturated heterocycles. The molecule has 1 unspecified atom stereocenters. The molecule has 106 valence electrons. The Balaban J connectivity index is 2.55. The summed E-state index contributed by atoms with van der Waals surface area (Å²) in [7, 11) is 1.91. The van der Waals surface area contributed by atoms with Crippen LogP contribution < -0.4 is 5.32 Å². The molecular weight excluding hydrogens is 385 g/mol. The van der Waals surface area contributed by atoms with Gasteiger partial charge in [0, 0.05) is 8.95 Å². The molecular formula is C16H16Br2FN. The maximum absolute atomic E-state index is 13.3. The fraction of sp³-hybridized carbons (Fsp3) is 0.250. The lowest BCUT2D eigenvalue weighted by atomic mass is 9.94. The molecule has 2 rings (SSSR count). The van der Waals surface area contributed by atoms with E-state index in [1.54, 1.807) is 6.07 Å². The van der Waals surface area contributed by atoms with Gasteiger partial charge in [-0.1, -0.05) is 37.9 Å². The number of hydrogen-bond acceptors (Lipinski definition) is 1. The highest BCUT2D eigenvalue weighted by Crippen LogP contribution is 2.34. The summed E-state index contributed by atoms with van der Waals surface area (Å²) < 4.78 is 15.4. The molecule has 0 radical (unpaired) electrons. The molecule has 0 aliphatic heterocycles. The Bertz CT molecular complexity index is 641. The van der Waals surface area contributed by atoms with E-state index in [1.807, 2.05) is 20.0 Å². The van der Waals surface area contributed by atoms with Crippen LogP contribution in [0.15, 0.2) is 39.3 Å². The summed E-state index contributed by atoms with van der Waals surface area (Å²) >= 11 is 7.20. The molecule has 1 atom stereocenters. The zero-order chi connectivity index (χ0) is 14.9. The van der Waals surface area contributed by atoms with Crippen molar-refractivity contribution >= 4 is 31.9 Å². The Morgan fingerprint density at radius 2 is 1.65 bits per heavy atom. The summed E-state index contributed by atoms with van der Waals surface area (Å²) in [6.45, 7) is 3.98. The number of nitrogens with one attached hydrogen (secondary N) is 1. The van der Waals surface area contributed by atoms with Gasteiger partial charge in [-0.25, -0.2) is 4.39 Å². The van der Waals surface area contributed by atoms with Crippen molar-refractivity contribution in [2.45, 2.75) is 19.9 Å². The zero-order valence-corrected chi connectivity index (χ0v) is 14.8. The van der Waals surface area contributed by atoms with Crippen LogP contribution in [0.25, 0.3) is 0 Å². The highest BCUT2D eigenvalue weighted by Gasteiger charge is 2.18. The van der Waals surface area contributed by atoms with E-state index in [0.717, 1.165) is 25.6 Å². The van der Waals surface area contributed by atoms with Gasteiger partial charge in [-0.05, 0) is 67.4 Å². The average Bonchev–Trinajstić information content (AvgIpc) is 2.38. The average molecular weight is 401 g/mol. The van der Waals surface area contributed by atoms with Gasteiger partial charge in [0.2, 0.25) is 0 Å². The minimum absolute atomic E-state index is 0.0156. The molecule has 0 bridgehead atoms. The van der Waals surface area contributed by atoms with E-state index in [1.165, 1.54) is 11.6 Å². The predicted octanol–water partition coefficient (Wildman–Crippen LogP) is 5.28. The molecule has 2 aromatic rings. The Hall–Kier alpha value is -0.710. The first-order chi connectivity index (χ1) is 9.43. The molecule has 0 heterocycles. The highest BCUT2D eigenvalue weighted by atomic mass is 79.9. The number of rotatable bonds is 3. The van der Waals surface area contributed by atoms with Crippen molar-refractivity contribution in [3.63, 3.8) is 0 Å². The first-order valence-corrected chi connectivity index (χ1v) is 7.91. The molecule has 0 amide bonds. The van der Waals surface area contributed by atoms with Crippen molar-refractivity contribution in [1.29, 1.82) is 0 Å². The second-order valence-corrected chi connectivity index (χ2v) is 6.55. The number of hydrogen-bond donors (Lipinski definition) is 1. The second-order valence-electron chi connectivity index (χ2n) is 4.85. The predicted molar refractivity (Wildman–Crippen MR) is 88.6 cm³/mol. The summed E-state index contributed by atoms with van der Waals surface area (Å²) in [5.41, 5.74) is 4.31. The molecule has 2 aromatic carbocycles. The van der Waals surface area contributed by atoms with E-state index in [2.05, 4.69) is 56.2 Å². The van der Waals surface area contributed by atoms with Crippen molar-refractivity contribution in [2.75, 3.05) is 7.05 Å². The van der Waals surface area contributed by atoms with Crippen molar-refractivity contribution < 1.29 is 4.39 Å². The Morgan fingerprint density at radius 1 is 0.950 bits per heavy atom. The van der Waals surface area contributed by atoms with E-state index in [4.69, 9.17) is 0 Å². The van der Waals surface area contributed by atoms with Gasteiger partial charge in [-0.2, -0.15) is 0 Å². The van der Waals surface area contributed by atoms with Gasteiger partial charge < -0.3 is 5.32 Å². The van der Waals surface area contributed by atoms with Crippen molar-refractivity contribution in [3.05, 3.63) is 67.3 Å². The van der Waals surface area contributed by atoms with Crippen LogP contribution in [0.4, 0.5) is 4.39 Å². The van der Waals surface area contributed by atoms with E-state index in [0.29, 0.717) is 0 Å². The minimum Gasteiger partial charge on any atom is -0.309 e. The third-order valence-corrected chi connectivity index (χ3v) is 4.96. The van der Waals surface area contributed by atoms with Gasteiger partial charge in [0.15, 0.2) is 0 Å². The lowest BCUT2D eigenvalue weighted by molar-refractivity contribution is 0.621. The van der Waals surface area contributed by atoms with Gasteiger partial charge in [0.1, 0.15) is 5.82 Å². The van der Waals surface area contributed by atoms with Crippen molar-refractivity contribution in [1.82, 2.24) is 5.32 Å². The Labute approximate surface area is 135 Å². The van der Waals surface area contributed by atoms with E-state index < -0.39 is 0 Å². The molecule has 0 aromatic heterocycles. The molecule has 4 heteroatoms. The number of aryl methyl sites for hydroxylation is 2. The largest absolute Gasteiger partial charge is 0.309 e. The maximum Gasteiger partial charge on any atom is 0.123 e. The van der Waals surface area contributed by atoms with Crippen LogP contribution in [0.1, 0.15) is 28.3 Å². The van der Waals surface area contributed by atoms with Crippen molar-refractivity contribution in [3.8, 4) is 0 Å². The van der Waals surface area contributed by atoms with E-state index in [9.17, 15) is 4.39 Å². The summed E-state index contributed by atoms with van der Waals surface area (Å²) in [6, 6.07) is 9.11. The summed E-state index contributed by atoms with van der Waals surface area (Å²) in [4.78, 5) is 0. The highest BCUT2D eigenvalue weighted by molar-refractivity contribution is 9.11. The fourth-order valence-electron chi connectivity index (χ4n) is 2.32. The van der Waals surface area contributed by atoms with Gasteiger partial charge >= 0.3 is 0 Å². The summed E-state index contributed by atoms with van der Waals surface area (Å²) in [6.07, 6.45) is 0. The third-order valence-electron chi connectivity index (χ3n) is 3.42. The Morgan fingerprint density at radius 3 is 2.25 bits per heavy atom. The first kappa shape index (κ1) is 15.7. The standard InChI is InChI=1S/C16H16Br2FN/c1-9-6-11(19)4-5-12(9)16(20-3)13-8-14(17)10(2)7-15(13)18/h4-8,16,20H,1-3H3. The molecule has 1 nitrogen and oxygen atoms in total. The minimum atomic E-state index is -0.203.